The normalized spacial score (nSPS) is 16.7. The minimum Gasteiger partial charge on any atom is -0.481 e. The number of benzene rings is 1. The van der Waals surface area contributed by atoms with Crippen LogP contribution in [0.25, 0.3) is 6.08 Å². The van der Waals surface area contributed by atoms with E-state index in [0.29, 0.717) is 36.4 Å². The van der Waals surface area contributed by atoms with Crippen LogP contribution in [0.15, 0.2) is 42.6 Å². The number of halogens is 6. The highest BCUT2D eigenvalue weighted by Gasteiger charge is 2.39. The van der Waals surface area contributed by atoms with Crippen molar-refractivity contribution in [3.63, 3.8) is 0 Å². The largest absolute Gasteiger partial charge is 0.481 e. The number of methoxy groups -OCH3 is 1. The highest BCUT2D eigenvalue weighted by molar-refractivity contribution is 5.90. The van der Waals surface area contributed by atoms with Crippen molar-refractivity contribution in [1.29, 1.82) is 5.26 Å². The second-order valence-electron chi connectivity index (χ2n) is 9.97. The molecule has 0 bridgehead atoms. The van der Waals surface area contributed by atoms with Crippen LogP contribution in [0.1, 0.15) is 66.4 Å². The van der Waals surface area contributed by atoms with E-state index in [-0.39, 0.29) is 47.4 Å². The Morgan fingerprint density at radius 1 is 1.11 bits per heavy atom. The summed E-state index contributed by atoms with van der Waals surface area (Å²) in [7, 11) is 1.43. The van der Waals surface area contributed by atoms with E-state index in [1.807, 2.05) is 6.92 Å². The van der Waals surface area contributed by atoms with Crippen molar-refractivity contribution in [2.45, 2.75) is 57.5 Å². The molecule has 1 aliphatic rings. The van der Waals surface area contributed by atoms with Crippen LogP contribution in [0.3, 0.4) is 0 Å². The van der Waals surface area contributed by atoms with E-state index in [2.05, 4.69) is 20.3 Å². The molecule has 4 rings (SSSR count). The number of carbonyl (C=O) groups excluding carboxylic acids is 1. The lowest BCUT2D eigenvalue weighted by Crippen LogP contribution is -2.46. The van der Waals surface area contributed by atoms with Gasteiger partial charge in [-0.25, -0.2) is 19.7 Å². The van der Waals surface area contributed by atoms with Crippen LogP contribution in [-0.2, 0) is 23.5 Å². The summed E-state index contributed by atoms with van der Waals surface area (Å²) in [4.78, 5) is 27.7. The van der Waals surface area contributed by atoms with Gasteiger partial charge in [-0.2, -0.15) is 31.6 Å². The van der Waals surface area contributed by atoms with Crippen molar-refractivity contribution in [3.05, 3.63) is 76.2 Å². The summed E-state index contributed by atoms with van der Waals surface area (Å²) in [6, 6.07) is 5.46. The van der Waals surface area contributed by atoms with Gasteiger partial charge in [0.1, 0.15) is 0 Å². The summed E-state index contributed by atoms with van der Waals surface area (Å²) >= 11 is 0. The number of nitriles is 1. The number of aromatic nitrogens is 3. The highest BCUT2D eigenvalue weighted by Crippen LogP contribution is 2.40. The first-order valence-corrected chi connectivity index (χ1v) is 13.8. The number of allylic oxidation sites excluding steroid dienone is 1. The Hall–Kier alpha value is -4.87. The maximum atomic E-state index is 13.5. The average molecular weight is 635 g/mol. The van der Waals surface area contributed by atoms with E-state index in [1.165, 1.54) is 24.3 Å². The van der Waals surface area contributed by atoms with Crippen LogP contribution in [0, 0.1) is 11.3 Å². The fourth-order valence-electron chi connectivity index (χ4n) is 5.00. The Labute approximate surface area is 254 Å². The predicted molar refractivity (Wildman–Crippen MR) is 151 cm³/mol. The lowest BCUT2D eigenvalue weighted by Gasteiger charge is -2.39. The van der Waals surface area contributed by atoms with Gasteiger partial charge in [-0.05, 0) is 55.7 Å². The standard InChI is InChI=1S/C30H28F6N6O3/c1-4-21-15-23(26-24(8-9-25(41-26)44-3)42(21)28(43)45-5-2)40-27-38-16-18(7-6-10-37)22(39-27)13-17-11-19(29(31,32)33)14-20(12-17)30(34,35)36/h6-9,11-12,14,16,21,23H,4-5,13,15H2,1-3H3,(H,38,39,40). The Morgan fingerprint density at radius 2 is 1.80 bits per heavy atom. The molecule has 0 saturated carbocycles. The van der Waals surface area contributed by atoms with Crippen LogP contribution in [-0.4, -0.2) is 40.8 Å². The topological polar surface area (TPSA) is 113 Å². The van der Waals surface area contributed by atoms with Gasteiger partial charge < -0.3 is 14.8 Å². The third-order valence-corrected chi connectivity index (χ3v) is 7.04. The van der Waals surface area contributed by atoms with Gasteiger partial charge in [0.05, 0.1) is 54.0 Å². The SMILES string of the molecule is CCOC(=O)N1c2ccc(OC)nc2C(Nc2ncc(C=CC#N)c(Cc3cc(C(F)(F)F)cc(C(F)(F)F)c3)n2)CC1CC. The van der Waals surface area contributed by atoms with Crippen LogP contribution >= 0.6 is 0 Å². The smallest absolute Gasteiger partial charge is 0.416 e. The number of nitrogens with one attached hydrogen (secondary N) is 1. The lowest BCUT2D eigenvalue weighted by molar-refractivity contribution is -0.143. The first-order valence-electron chi connectivity index (χ1n) is 13.8. The number of rotatable bonds is 8. The number of hydrogen-bond acceptors (Lipinski definition) is 8. The molecule has 2 atom stereocenters. The fraction of sp³-hybridized carbons (Fsp3) is 0.367. The molecule has 2 unspecified atom stereocenters. The van der Waals surface area contributed by atoms with Crippen molar-refractivity contribution in [3.8, 4) is 11.9 Å². The molecule has 1 aliphatic heterocycles. The lowest BCUT2D eigenvalue weighted by atomic mass is 9.93. The van der Waals surface area contributed by atoms with Gasteiger partial charge in [0.15, 0.2) is 0 Å². The van der Waals surface area contributed by atoms with E-state index in [1.54, 1.807) is 25.1 Å². The summed E-state index contributed by atoms with van der Waals surface area (Å²) in [5.41, 5.74) is -2.04. The van der Waals surface area contributed by atoms with Crippen molar-refractivity contribution >= 4 is 23.8 Å². The van der Waals surface area contributed by atoms with Gasteiger partial charge in [-0.15, -0.1) is 0 Å². The van der Waals surface area contributed by atoms with E-state index >= 15 is 0 Å². The molecule has 2 aromatic heterocycles. The third kappa shape index (κ3) is 7.62. The summed E-state index contributed by atoms with van der Waals surface area (Å²) in [5, 5.41) is 12.2. The number of hydrogen-bond donors (Lipinski definition) is 1. The zero-order valence-corrected chi connectivity index (χ0v) is 24.3. The van der Waals surface area contributed by atoms with Crippen LogP contribution in [0.4, 0.5) is 42.8 Å². The third-order valence-electron chi connectivity index (χ3n) is 7.04. The summed E-state index contributed by atoms with van der Waals surface area (Å²) in [6.07, 6.45) is -6.44. The Morgan fingerprint density at radius 3 is 2.38 bits per heavy atom. The van der Waals surface area contributed by atoms with Crippen molar-refractivity contribution in [1.82, 2.24) is 15.0 Å². The van der Waals surface area contributed by atoms with E-state index in [0.717, 1.165) is 6.08 Å². The Kier molecular flexibility index (Phi) is 9.84. The number of anilines is 2. The van der Waals surface area contributed by atoms with E-state index in [9.17, 15) is 31.1 Å². The summed E-state index contributed by atoms with van der Waals surface area (Å²) in [5.74, 6) is 0.269. The van der Waals surface area contributed by atoms with Crippen molar-refractivity contribution < 1.29 is 40.6 Å². The number of amides is 1. The maximum absolute atomic E-state index is 13.5. The molecule has 0 aliphatic carbocycles. The Balaban J connectivity index is 1.77. The molecular formula is C30H28F6N6O3. The fourth-order valence-corrected chi connectivity index (χ4v) is 5.00. The van der Waals surface area contributed by atoms with Crippen LogP contribution in [0.2, 0.25) is 0 Å². The molecule has 1 amide bonds. The Bertz CT molecular complexity index is 1590. The number of nitrogens with zero attached hydrogens (tertiary/aromatic N) is 5. The van der Waals surface area contributed by atoms with E-state index < -0.39 is 42.0 Å². The number of pyridine rings is 1. The minimum absolute atomic E-state index is 0.00198. The second-order valence-corrected chi connectivity index (χ2v) is 9.97. The molecule has 0 radical (unpaired) electrons. The maximum Gasteiger partial charge on any atom is 0.416 e. The minimum atomic E-state index is -5.02. The van der Waals surface area contributed by atoms with Crippen molar-refractivity contribution in [2.75, 3.05) is 23.9 Å². The molecule has 0 saturated heterocycles. The number of fused-ring (bicyclic) bond motifs is 1. The molecule has 45 heavy (non-hydrogen) atoms. The first-order chi connectivity index (χ1) is 21.3. The number of carbonyl (C=O) groups is 1. The first kappa shape index (κ1) is 33.0. The number of ether oxygens (including phenoxy) is 2. The zero-order valence-electron chi connectivity index (χ0n) is 24.3. The molecule has 0 spiro atoms. The second kappa shape index (κ2) is 13.4. The van der Waals surface area contributed by atoms with Gasteiger partial charge in [0.25, 0.3) is 0 Å². The monoisotopic (exact) mass is 634 g/mol. The zero-order chi connectivity index (χ0) is 32.9. The van der Waals surface area contributed by atoms with Gasteiger partial charge in [0.2, 0.25) is 11.8 Å². The highest BCUT2D eigenvalue weighted by atomic mass is 19.4. The van der Waals surface area contributed by atoms with E-state index in [4.69, 9.17) is 14.7 Å². The van der Waals surface area contributed by atoms with Gasteiger partial charge in [-0.3, -0.25) is 4.90 Å². The molecule has 238 valence electrons. The molecule has 15 heteroatoms. The van der Waals surface area contributed by atoms with Crippen LogP contribution < -0.4 is 15.0 Å². The summed E-state index contributed by atoms with van der Waals surface area (Å²) < 4.78 is 91.6. The average Bonchev–Trinajstić information content (AvgIpc) is 2.99. The molecule has 3 aromatic rings. The van der Waals surface area contributed by atoms with Gasteiger partial charge in [-0.1, -0.05) is 6.92 Å². The molecule has 3 heterocycles. The predicted octanol–water partition coefficient (Wildman–Crippen LogP) is 7.34. The molecular weight excluding hydrogens is 606 g/mol. The molecule has 0 fully saturated rings. The number of alkyl halides is 6. The quantitative estimate of drug-likeness (QED) is 0.202. The van der Waals surface area contributed by atoms with Crippen LogP contribution in [0.5, 0.6) is 5.88 Å². The molecule has 1 N–H and O–H groups in total. The molecule has 9 nitrogen and oxygen atoms in total. The molecule has 1 aromatic carbocycles. The van der Waals surface area contributed by atoms with Crippen molar-refractivity contribution in [2.24, 2.45) is 0 Å². The van der Waals surface area contributed by atoms with Gasteiger partial charge >= 0.3 is 18.4 Å². The summed E-state index contributed by atoms with van der Waals surface area (Å²) in [6.45, 7) is 3.74. The van der Waals surface area contributed by atoms with Gasteiger partial charge in [0, 0.05) is 36.4 Å².